The highest BCUT2D eigenvalue weighted by atomic mass is 16.5. The van der Waals surface area contributed by atoms with Gasteiger partial charge in [0.2, 0.25) is 5.78 Å². The van der Waals surface area contributed by atoms with Gasteiger partial charge in [0.25, 0.3) is 5.56 Å². The quantitative estimate of drug-likeness (QED) is 0.326. The summed E-state index contributed by atoms with van der Waals surface area (Å²) < 4.78 is 19.4. The number of esters is 1. The third kappa shape index (κ3) is 3.68. The molecule has 0 aliphatic rings. The maximum atomic E-state index is 12.7. The Balaban J connectivity index is 1.64. The molecule has 0 N–H and O–H groups in total. The summed E-state index contributed by atoms with van der Waals surface area (Å²) in [7, 11) is 3.12. The highest BCUT2D eigenvalue weighted by molar-refractivity contribution is 5.90. The zero-order chi connectivity index (χ0) is 22.8. The summed E-state index contributed by atoms with van der Waals surface area (Å²) in [4.78, 5) is 25.3. The zero-order valence-electron chi connectivity index (χ0n) is 18.0. The van der Waals surface area contributed by atoms with Crippen molar-refractivity contribution in [1.29, 1.82) is 0 Å². The number of hydrogen-bond donors (Lipinski definition) is 0. The number of ether oxygens (including phenoxy) is 3. The molecule has 0 aliphatic carbocycles. The molecular weight excluding hydrogens is 412 g/mol. The lowest BCUT2D eigenvalue weighted by molar-refractivity contribution is 0.0461. The van der Waals surface area contributed by atoms with Gasteiger partial charge in [-0.05, 0) is 37.3 Å². The molecule has 0 saturated carbocycles. The fourth-order valence-corrected chi connectivity index (χ4v) is 3.43. The second kappa shape index (κ2) is 8.54. The number of hydrogen-bond acceptors (Lipinski definition) is 7. The van der Waals surface area contributed by atoms with Gasteiger partial charge in [0.15, 0.2) is 23.9 Å². The van der Waals surface area contributed by atoms with E-state index in [1.54, 1.807) is 35.7 Å². The van der Waals surface area contributed by atoms with Crippen molar-refractivity contribution in [3.05, 3.63) is 76.4 Å². The molecule has 0 spiro atoms. The lowest BCUT2D eigenvalue weighted by atomic mass is 10.1. The average molecular weight is 434 g/mol. The predicted octanol–water partition coefficient (Wildman–Crippen LogP) is 2.82. The molecule has 0 aliphatic heterocycles. The molecule has 0 radical (unpaired) electrons. The Hall–Kier alpha value is -4.14. The van der Waals surface area contributed by atoms with E-state index in [-0.39, 0.29) is 12.2 Å². The number of carbonyl (C=O) groups is 1. The molecule has 0 fully saturated rings. The maximum Gasteiger partial charge on any atom is 0.338 e. The van der Waals surface area contributed by atoms with E-state index in [9.17, 15) is 9.59 Å². The van der Waals surface area contributed by atoms with Gasteiger partial charge in [-0.2, -0.15) is 0 Å². The second-order valence-electron chi connectivity index (χ2n) is 7.18. The van der Waals surface area contributed by atoms with Gasteiger partial charge in [-0.3, -0.25) is 13.8 Å². The zero-order valence-corrected chi connectivity index (χ0v) is 18.0. The molecular formula is C23H22N4O5. The second-order valence-corrected chi connectivity index (χ2v) is 7.18. The van der Waals surface area contributed by atoms with E-state index in [4.69, 9.17) is 14.2 Å². The molecule has 9 nitrogen and oxygen atoms in total. The average Bonchev–Trinajstić information content (AvgIpc) is 3.23. The summed E-state index contributed by atoms with van der Waals surface area (Å²) in [6.07, 6.45) is 1.62. The van der Waals surface area contributed by atoms with Crippen molar-refractivity contribution in [3.63, 3.8) is 0 Å². The first-order valence-electron chi connectivity index (χ1n) is 9.86. The maximum absolute atomic E-state index is 12.7. The summed E-state index contributed by atoms with van der Waals surface area (Å²) in [5.74, 6) is 1.11. The first-order chi connectivity index (χ1) is 15.4. The van der Waals surface area contributed by atoms with Crippen molar-refractivity contribution in [3.8, 4) is 11.5 Å². The Morgan fingerprint density at radius 3 is 2.72 bits per heavy atom. The van der Waals surface area contributed by atoms with Gasteiger partial charge in [-0.1, -0.05) is 24.3 Å². The molecule has 2 aromatic carbocycles. The van der Waals surface area contributed by atoms with Crippen LogP contribution in [0.3, 0.4) is 0 Å². The summed E-state index contributed by atoms with van der Waals surface area (Å²) in [6, 6.07) is 10.3. The van der Waals surface area contributed by atoms with Crippen LogP contribution in [0.2, 0.25) is 0 Å². The minimum atomic E-state index is -0.555. The van der Waals surface area contributed by atoms with Gasteiger partial charge in [-0.25, -0.2) is 4.79 Å². The van der Waals surface area contributed by atoms with E-state index in [0.29, 0.717) is 46.2 Å². The van der Waals surface area contributed by atoms with Gasteiger partial charge in [0.1, 0.15) is 6.61 Å². The number of rotatable bonds is 7. The Morgan fingerprint density at radius 1 is 1.16 bits per heavy atom. The summed E-state index contributed by atoms with van der Waals surface area (Å²) in [6.45, 7) is 5.71. The third-order valence-electron chi connectivity index (χ3n) is 5.03. The van der Waals surface area contributed by atoms with Crippen molar-refractivity contribution < 1.29 is 19.0 Å². The minimum absolute atomic E-state index is 0.127. The molecule has 0 amide bonds. The van der Waals surface area contributed by atoms with Crippen molar-refractivity contribution in [2.75, 3.05) is 13.7 Å². The Labute approximate surface area is 183 Å². The van der Waals surface area contributed by atoms with Crippen LogP contribution in [0.1, 0.15) is 21.7 Å². The van der Waals surface area contributed by atoms with Crippen LogP contribution in [-0.2, 0) is 18.4 Å². The summed E-state index contributed by atoms with van der Waals surface area (Å²) >= 11 is 0. The number of carbonyl (C=O) groups excluding carboxylic acids is 1. The lowest BCUT2D eigenvalue weighted by Crippen LogP contribution is -2.20. The minimum Gasteiger partial charge on any atom is -0.493 e. The van der Waals surface area contributed by atoms with Crippen LogP contribution < -0.4 is 15.0 Å². The molecule has 2 aromatic heterocycles. The number of benzene rings is 2. The van der Waals surface area contributed by atoms with Crippen LogP contribution in [0.25, 0.3) is 16.7 Å². The van der Waals surface area contributed by atoms with Gasteiger partial charge < -0.3 is 14.2 Å². The molecule has 0 bridgehead atoms. The highest BCUT2D eigenvalue weighted by Crippen LogP contribution is 2.28. The normalized spacial score (nSPS) is 11.0. The van der Waals surface area contributed by atoms with Crippen molar-refractivity contribution in [2.24, 2.45) is 7.05 Å². The van der Waals surface area contributed by atoms with E-state index in [0.717, 1.165) is 5.56 Å². The van der Waals surface area contributed by atoms with Gasteiger partial charge in [-0.15, -0.1) is 10.2 Å². The van der Waals surface area contributed by atoms with Crippen molar-refractivity contribution in [2.45, 2.75) is 13.5 Å². The fraction of sp³-hybridized carbons (Fsp3) is 0.217. The molecule has 4 aromatic rings. The van der Waals surface area contributed by atoms with Gasteiger partial charge in [0.05, 0.1) is 23.6 Å². The standard InChI is InChI=1S/C23H22N4O5/c1-5-10-31-18-9-7-15(12-19(18)30-4)22(29)32-13-20-24-25-23-26(3)21(28)16-11-14(2)6-8-17(16)27(20)23/h5-9,11-12H,1,10,13H2,2-4H3. The molecule has 0 saturated heterocycles. The van der Waals surface area contributed by atoms with Crippen LogP contribution in [0.15, 0.2) is 53.8 Å². The topological polar surface area (TPSA) is 97.0 Å². The van der Waals surface area contributed by atoms with E-state index in [1.165, 1.54) is 11.7 Å². The van der Waals surface area contributed by atoms with E-state index in [2.05, 4.69) is 16.8 Å². The molecule has 9 heteroatoms. The van der Waals surface area contributed by atoms with Gasteiger partial charge >= 0.3 is 5.97 Å². The fourth-order valence-electron chi connectivity index (χ4n) is 3.43. The lowest BCUT2D eigenvalue weighted by Gasteiger charge is -2.11. The number of aryl methyl sites for hydroxylation is 2. The first kappa shape index (κ1) is 21.1. The smallest absolute Gasteiger partial charge is 0.338 e. The molecule has 0 unspecified atom stereocenters. The summed E-state index contributed by atoms with van der Waals surface area (Å²) in [5.41, 5.74) is 1.74. The molecule has 4 rings (SSSR count). The number of nitrogens with zero attached hydrogens (tertiary/aromatic N) is 4. The number of aromatic nitrogens is 4. The van der Waals surface area contributed by atoms with Crippen LogP contribution in [0.4, 0.5) is 0 Å². The SMILES string of the molecule is C=CCOc1ccc(C(=O)OCc2nnc3n(C)c(=O)c4cc(C)ccc4n23)cc1OC. The monoisotopic (exact) mass is 434 g/mol. The molecule has 32 heavy (non-hydrogen) atoms. The molecule has 2 heterocycles. The first-order valence-corrected chi connectivity index (χ1v) is 9.86. The van der Waals surface area contributed by atoms with E-state index < -0.39 is 5.97 Å². The Bertz CT molecular complexity index is 1400. The van der Waals surface area contributed by atoms with Crippen LogP contribution in [0, 0.1) is 6.92 Å². The van der Waals surface area contributed by atoms with Crippen molar-refractivity contribution >= 4 is 22.6 Å². The molecule has 164 valence electrons. The number of fused-ring (bicyclic) bond motifs is 3. The Kier molecular flexibility index (Phi) is 5.63. The van der Waals surface area contributed by atoms with Crippen LogP contribution in [0.5, 0.6) is 11.5 Å². The summed E-state index contributed by atoms with van der Waals surface area (Å²) in [5, 5.41) is 8.78. The Morgan fingerprint density at radius 2 is 1.97 bits per heavy atom. The highest BCUT2D eigenvalue weighted by Gasteiger charge is 2.18. The molecule has 0 atom stereocenters. The largest absolute Gasteiger partial charge is 0.493 e. The van der Waals surface area contributed by atoms with Crippen LogP contribution in [-0.4, -0.2) is 38.9 Å². The predicted molar refractivity (Wildman–Crippen MR) is 118 cm³/mol. The van der Waals surface area contributed by atoms with Gasteiger partial charge in [0, 0.05) is 7.05 Å². The number of methoxy groups -OCH3 is 1. The third-order valence-corrected chi connectivity index (χ3v) is 5.03. The van der Waals surface area contributed by atoms with Crippen LogP contribution >= 0.6 is 0 Å². The van der Waals surface area contributed by atoms with E-state index >= 15 is 0 Å². The van der Waals surface area contributed by atoms with Crippen molar-refractivity contribution in [1.82, 2.24) is 19.2 Å². The van der Waals surface area contributed by atoms with E-state index in [1.807, 2.05) is 25.1 Å².